The van der Waals surface area contributed by atoms with Gasteiger partial charge in [-0.15, -0.1) is 0 Å². The highest BCUT2D eigenvalue weighted by Gasteiger charge is 2.30. The molecule has 4 heteroatoms. The zero-order valence-electron chi connectivity index (χ0n) is 16.8. The van der Waals surface area contributed by atoms with Crippen LogP contribution >= 0.6 is 0 Å². The number of amides is 1. The molecule has 3 aromatic rings. The van der Waals surface area contributed by atoms with E-state index in [9.17, 15) is 4.79 Å². The van der Waals surface area contributed by atoms with Gasteiger partial charge in [0.25, 0.3) is 0 Å². The summed E-state index contributed by atoms with van der Waals surface area (Å²) in [5, 5.41) is 0. The quantitative estimate of drug-likeness (QED) is 0.622. The molecule has 1 saturated heterocycles. The Kier molecular flexibility index (Phi) is 5.89. The van der Waals surface area contributed by atoms with Crippen LogP contribution in [0.5, 0.6) is 5.75 Å². The molecule has 0 unspecified atom stereocenters. The fourth-order valence-corrected chi connectivity index (χ4v) is 4.07. The summed E-state index contributed by atoms with van der Waals surface area (Å²) in [5.74, 6) is 1.05. The van der Waals surface area contributed by atoms with E-state index in [0.717, 1.165) is 47.7 Å². The monoisotopic (exact) mass is 386 g/mol. The number of rotatable bonds is 6. The summed E-state index contributed by atoms with van der Waals surface area (Å²) in [7, 11) is 1.69. The summed E-state index contributed by atoms with van der Waals surface area (Å²) in [4.78, 5) is 19.9. The normalized spacial score (nSPS) is 16.0. The molecule has 4 rings (SSSR count). The van der Waals surface area contributed by atoms with E-state index in [1.54, 1.807) is 7.11 Å². The molecule has 2 heterocycles. The van der Waals surface area contributed by atoms with Crippen molar-refractivity contribution in [3.63, 3.8) is 0 Å². The number of likely N-dealkylation sites (tertiary alicyclic amines) is 1. The van der Waals surface area contributed by atoms with Gasteiger partial charge in [-0.1, -0.05) is 54.6 Å². The number of ether oxygens (including phenoxy) is 1. The molecule has 1 atom stereocenters. The van der Waals surface area contributed by atoms with Crippen molar-refractivity contribution >= 4 is 5.91 Å². The minimum absolute atomic E-state index is 0.0591. The minimum atomic E-state index is 0.0591. The molecule has 1 aliphatic rings. The molecule has 0 radical (unpaired) electrons. The Labute approximate surface area is 172 Å². The Morgan fingerprint density at radius 1 is 1.03 bits per heavy atom. The van der Waals surface area contributed by atoms with Crippen LogP contribution in [0.1, 0.15) is 41.4 Å². The number of hydrogen-bond acceptors (Lipinski definition) is 3. The Balaban J connectivity index is 1.51. The smallest absolute Gasteiger partial charge is 0.227 e. The zero-order valence-corrected chi connectivity index (χ0v) is 16.8. The van der Waals surface area contributed by atoms with Crippen LogP contribution in [0.3, 0.4) is 0 Å². The number of para-hydroxylation sites is 1. The van der Waals surface area contributed by atoms with Crippen LogP contribution in [0.2, 0.25) is 0 Å². The SMILES string of the molecule is COc1ccccc1Cc1cccc([C@H]2CCCN2C(=O)Cc2ccccc2)n1. The number of aromatic nitrogens is 1. The summed E-state index contributed by atoms with van der Waals surface area (Å²) >= 11 is 0. The summed E-state index contributed by atoms with van der Waals surface area (Å²) in [5.41, 5.74) is 4.15. The van der Waals surface area contributed by atoms with Crippen molar-refractivity contribution in [1.29, 1.82) is 0 Å². The summed E-state index contributed by atoms with van der Waals surface area (Å²) in [6.45, 7) is 0.800. The Bertz CT molecular complexity index is 971. The van der Waals surface area contributed by atoms with Crippen LogP contribution in [-0.2, 0) is 17.6 Å². The fraction of sp³-hybridized carbons (Fsp3) is 0.280. The van der Waals surface area contributed by atoms with Crippen LogP contribution in [0.4, 0.5) is 0 Å². The highest BCUT2D eigenvalue weighted by Crippen LogP contribution is 2.32. The molecule has 1 aromatic heterocycles. The summed E-state index contributed by atoms with van der Waals surface area (Å²) in [6.07, 6.45) is 3.13. The molecule has 2 aromatic carbocycles. The van der Waals surface area contributed by atoms with Gasteiger partial charge in [-0.2, -0.15) is 0 Å². The third-order valence-electron chi connectivity index (χ3n) is 5.51. The number of benzene rings is 2. The third-order valence-corrected chi connectivity index (χ3v) is 5.51. The van der Waals surface area contributed by atoms with Crippen LogP contribution < -0.4 is 4.74 Å². The van der Waals surface area contributed by atoms with Gasteiger partial charge in [-0.25, -0.2) is 0 Å². The number of nitrogens with zero attached hydrogens (tertiary/aromatic N) is 2. The van der Waals surface area contributed by atoms with Gasteiger partial charge < -0.3 is 9.64 Å². The molecule has 0 saturated carbocycles. The number of carbonyl (C=O) groups is 1. The zero-order chi connectivity index (χ0) is 20.1. The lowest BCUT2D eigenvalue weighted by Gasteiger charge is -2.25. The molecule has 1 fully saturated rings. The first-order valence-electron chi connectivity index (χ1n) is 10.2. The number of carbonyl (C=O) groups excluding carboxylic acids is 1. The van der Waals surface area contributed by atoms with Gasteiger partial charge >= 0.3 is 0 Å². The Hall–Kier alpha value is -3.14. The molecule has 0 N–H and O–H groups in total. The van der Waals surface area contributed by atoms with Crippen molar-refractivity contribution in [1.82, 2.24) is 9.88 Å². The second kappa shape index (κ2) is 8.91. The molecule has 0 spiro atoms. The molecule has 0 bridgehead atoms. The van der Waals surface area contributed by atoms with Gasteiger partial charge in [-0.05, 0) is 36.6 Å². The highest BCUT2D eigenvalue weighted by atomic mass is 16.5. The van der Waals surface area contributed by atoms with Crippen molar-refractivity contribution in [3.8, 4) is 5.75 Å². The molecule has 1 aliphatic heterocycles. The Morgan fingerprint density at radius 3 is 2.66 bits per heavy atom. The lowest BCUT2D eigenvalue weighted by Crippen LogP contribution is -2.32. The predicted molar refractivity (Wildman–Crippen MR) is 114 cm³/mol. The molecular formula is C25H26N2O2. The maximum absolute atomic E-state index is 12.9. The summed E-state index contributed by atoms with van der Waals surface area (Å²) < 4.78 is 5.47. The van der Waals surface area contributed by atoms with E-state index >= 15 is 0 Å². The van der Waals surface area contributed by atoms with Gasteiger partial charge in [0.1, 0.15) is 5.75 Å². The van der Waals surface area contributed by atoms with Gasteiger partial charge in [0.2, 0.25) is 5.91 Å². The predicted octanol–water partition coefficient (Wildman–Crippen LogP) is 4.59. The van der Waals surface area contributed by atoms with Crippen molar-refractivity contribution < 1.29 is 9.53 Å². The van der Waals surface area contributed by atoms with Crippen LogP contribution in [0.15, 0.2) is 72.8 Å². The van der Waals surface area contributed by atoms with Crippen LogP contribution in [0, 0.1) is 0 Å². The van der Waals surface area contributed by atoms with Crippen molar-refractivity contribution in [2.45, 2.75) is 31.7 Å². The largest absolute Gasteiger partial charge is 0.496 e. The van der Waals surface area contributed by atoms with Crippen molar-refractivity contribution in [2.24, 2.45) is 0 Å². The lowest BCUT2D eigenvalue weighted by molar-refractivity contribution is -0.131. The molecule has 1 amide bonds. The average Bonchev–Trinajstić information content (AvgIpc) is 3.25. The fourth-order valence-electron chi connectivity index (χ4n) is 4.07. The second-order valence-corrected chi connectivity index (χ2v) is 7.45. The van der Waals surface area contributed by atoms with E-state index in [2.05, 4.69) is 6.07 Å². The van der Waals surface area contributed by atoms with Crippen LogP contribution in [0.25, 0.3) is 0 Å². The van der Waals surface area contributed by atoms with E-state index in [0.29, 0.717) is 12.8 Å². The van der Waals surface area contributed by atoms with E-state index in [-0.39, 0.29) is 11.9 Å². The van der Waals surface area contributed by atoms with Crippen LogP contribution in [-0.4, -0.2) is 29.4 Å². The number of hydrogen-bond donors (Lipinski definition) is 0. The van der Waals surface area contributed by atoms with E-state index in [1.807, 2.05) is 71.6 Å². The van der Waals surface area contributed by atoms with Crippen molar-refractivity contribution in [2.75, 3.05) is 13.7 Å². The van der Waals surface area contributed by atoms with Crippen molar-refractivity contribution in [3.05, 3.63) is 95.3 Å². The molecule has 4 nitrogen and oxygen atoms in total. The molecule has 29 heavy (non-hydrogen) atoms. The van der Waals surface area contributed by atoms with Gasteiger partial charge in [-0.3, -0.25) is 9.78 Å². The van der Waals surface area contributed by atoms with E-state index < -0.39 is 0 Å². The Morgan fingerprint density at radius 2 is 1.83 bits per heavy atom. The average molecular weight is 386 g/mol. The first-order chi connectivity index (χ1) is 14.2. The maximum Gasteiger partial charge on any atom is 0.227 e. The maximum atomic E-state index is 12.9. The van der Waals surface area contributed by atoms with E-state index in [4.69, 9.17) is 9.72 Å². The first-order valence-corrected chi connectivity index (χ1v) is 10.2. The first kappa shape index (κ1) is 19.2. The number of pyridine rings is 1. The second-order valence-electron chi connectivity index (χ2n) is 7.45. The highest BCUT2D eigenvalue weighted by molar-refractivity contribution is 5.79. The topological polar surface area (TPSA) is 42.4 Å². The van der Waals surface area contributed by atoms with Gasteiger partial charge in [0.05, 0.1) is 25.3 Å². The third kappa shape index (κ3) is 4.48. The molecule has 148 valence electrons. The standard InChI is InChI=1S/C25H26N2O2/c1-29-24-15-6-5-11-20(24)18-21-12-7-13-22(26-21)23-14-8-16-27(23)25(28)17-19-9-3-2-4-10-19/h2-7,9-13,15,23H,8,14,16-18H2,1H3/t23-/m1/s1. The summed E-state index contributed by atoms with van der Waals surface area (Å²) in [6, 6.07) is 24.2. The van der Waals surface area contributed by atoms with Gasteiger partial charge in [0, 0.05) is 24.2 Å². The minimum Gasteiger partial charge on any atom is -0.496 e. The van der Waals surface area contributed by atoms with Gasteiger partial charge in [0.15, 0.2) is 0 Å². The molecule has 0 aliphatic carbocycles. The molecular weight excluding hydrogens is 360 g/mol. The number of methoxy groups -OCH3 is 1. The van der Waals surface area contributed by atoms with E-state index in [1.165, 1.54) is 0 Å². The lowest BCUT2D eigenvalue weighted by atomic mass is 10.1.